The molecule has 4 aliphatic rings. The molecule has 1 unspecified atom stereocenters. The molecule has 0 aliphatic carbocycles. The predicted octanol–water partition coefficient (Wildman–Crippen LogP) is 0.805. The molecule has 0 radical (unpaired) electrons. The third kappa shape index (κ3) is 2.21. The van der Waals surface area contributed by atoms with Crippen molar-refractivity contribution in [3.8, 4) is 0 Å². The second-order valence-electron chi connectivity index (χ2n) is 6.11. The lowest BCUT2D eigenvalue weighted by Gasteiger charge is -2.48. The number of rotatable bonds is 1. The number of piperidine rings is 3. The summed E-state index contributed by atoms with van der Waals surface area (Å²) in [5.74, 6) is 3.16. The average molecular weight is 285 g/mol. The quantitative estimate of drug-likeness (QED) is 0.826. The molecule has 21 heavy (non-hydrogen) atoms. The van der Waals surface area contributed by atoms with E-state index in [0.717, 1.165) is 6.54 Å². The lowest BCUT2D eigenvalue weighted by molar-refractivity contribution is 0.0679. The highest BCUT2D eigenvalue weighted by Crippen LogP contribution is 2.39. The lowest BCUT2D eigenvalue weighted by atomic mass is 9.74. The molecule has 1 spiro atoms. The Labute approximate surface area is 123 Å². The standard InChI is InChI=1S/C14H19N7/c1-9-16-10(2)18-13(17-9)19-12-15-7-14(20-12)8-21-5-3-11(14)4-6-21/h7,11H,3-6,8H2,1-2H3,(H,16,17,18,19,20). The van der Waals surface area contributed by atoms with E-state index in [1.54, 1.807) is 0 Å². The predicted molar refractivity (Wildman–Crippen MR) is 80.7 cm³/mol. The van der Waals surface area contributed by atoms with Gasteiger partial charge in [-0.1, -0.05) is 0 Å². The van der Waals surface area contributed by atoms with Gasteiger partial charge in [-0.05, 0) is 45.7 Å². The topological polar surface area (TPSA) is 78.7 Å². The maximum Gasteiger partial charge on any atom is 0.233 e. The SMILES string of the molecule is Cc1nc(C)nc(NC2=NC3(C=N2)CN2CCC3CC2)n1. The third-order valence-corrected chi connectivity index (χ3v) is 4.58. The third-order valence-electron chi connectivity index (χ3n) is 4.58. The van der Waals surface area contributed by atoms with Gasteiger partial charge < -0.3 is 4.90 Å². The second kappa shape index (κ2) is 4.56. The number of fused-ring (bicyclic) bond motifs is 2. The summed E-state index contributed by atoms with van der Waals surface area (Å²) in [5, 5.41) is 3.12. The van der Waals surface area contributed by atoms with E-state index in [9.17, 15) is 0 Å². The molecule has 5 heterocycles. The summed E-state index contributed by atoms with van der Waals surface area (Å²) in [6.07, 6.45) is 4.45. The zero-order valence-electron chi connectivity index (χ0n) is 12.4. The van der Waals surface area contributed by atoms with E-state index >= 15 is 0 Å². The molecule has 3 saturated heterocycles. The fourth-order valence-corrected chi connectivity index (χ4v) is 3.61. The van der Waals surface area contributed by atoms with Gasteiger partial charge in [-0.15, -0.1) is 0 Å². The first-order valence-electron chi connectivity index (χ1n) is 7.47. The average Bonchev–Trinajstić information content (AvgIpc) is 2.81. The molecule has 3 fully saturated rings. The summed E-state index contributed by atoms with van der Waals surface area (Å²) in [4.78, 5) is 24.5. The molecular formula is C14H19N7. The van der Waals surface area contributed by atoms with Gasteiger partial charge in [-0.25, -0.2) is 15.0 Å². The zero-order chi connectivity index (χ0) is 14.4. The van der Waals surface area contributed by atoms with Gasteiger partial charge >= 0.3 is 0 Å². The van der Waals surface area contributed by atoms with E-state index in [-0.39, 0.29) is 5.54 Å². The van der Waals surface area contributed by atoms with E-state index in [1.165, 1.54) is 25.9 Å². The van der Waals surface area contributed by atoms with Crippen LogP contribution in [0.3, 0.4) is 0 Å². The maximum atomic E-state index is 4.86. The Morgan fingerprint density at radius 2 is 1.86 bits per heavy atom. The van der Waals surface area contributed by atoms with Gasteiger partial charge in [0.15, 0.2) is 0 Å². The largest absolute Gasteiger partial charge is 0.301 e. The minimum Gasteiger partial charge on any atom is -0.301 e. The van der Waals surface area contributed by atoms with Gasteiger partial charge in [0, 0.05) is 12.8 Å². The molecule has 0 aromatic carbocycles. The molecule has 2 bridgehead atoms. The van der Waals surface area contributed by atoms with E-state index in [1.807, 2.05) is 20.1 Å². The highest BCUT2D eigenvalue weighted by atomic mass is 15.3. The molecule has 4 aliphatic heterocycles. The van der Waals surface area contributed by atoms with Crippen molar-refractivity contribution >= 4 is 18.1 Å². The van der Waals surface area contributed by atoms with E-state index in [4.69, 9.17) is 4.99 Å². The molecule has 7 nitrogen and oxygen atoms in total. The van der Waals surface area contributed by atoms with E-state index in [2.05, 4.69) is 30.2 Å². The van der Waals surface area contributed by atoms with Crippen molar-refractivity contribution in [1.82, 2.24) is 19.9 Å². The fourth-order valence-electron chi connectivity index (χ4n) is 3.61. The summed E-state index contributed by atoms with van der Waals surface area (Å²) < 4.78 is 0. The van der Waals surface area contributed by atoms with Crippen molar-refractivity contribution in [3.63, 3.8) is 0 Å². The summed E-state index contributed by atoms with van der Waals surface area (Å²) in [6, 6.07) is 0. The minimum absolute atomic E-state index is 0.129. The molecule has 1 aromatic rings. The van der Waals surface area contributed by atoms with Crippen LogP contribution in [0.2, 0.25) is 0 Å². The van der Waals surface area contributed by atoms with Crippen molar-refractivity contribution < 1.29 is 0 Å². The number of hydrogen-bond acceptors (Lipinski definition) is 7. The van der Waals surface area contributed by atoms with Gasteiger partial charge in [0.2, 0.25) is 11.9 Å². The van der Waals surface area contributed by atoms with Crippen molar-refractivity contribution in [1.29, 1.82) is 0 Å². The summed E-state index contributed by atoms with van der Waals surface area (Å²) in [7, 11) is 0. The second-order valence-corrected chi connectivity index (χ2v) is 6.11. The molecule has 5 rings (SSSR count). The Balaban J connectivity index is 1.57. The zero-order valence-corrected chi connectivity index (χ0v) is 12.4. The Hall–Kier alpha value is -1.89. The fraction of sp³-hybridized carbons (Fsp3) is 0.643. The van der Waals surface area contributed by atoms with Gasteiger partial charge in [-0.2, -0.15) is 9.97 Å². The first kappa shape index (κ1) is 12.8. The van der Waals surface area contributed by atoms with E-state index in [0.29, 0.717) is 29.5 Å². The number of aryl methyl sites for hydroxylation is 2. The van der Waals surface area contributed by atoms with Crippen LogP contribution >= 0.6 is 0 Å². The lowest BCUT2D eigenvalue weighted by Crippen LogP contribution is -2.58. The van der Waals surface area contributed by atoms with Gasteiger partial charge in [0.25, 0.3) is 0 Å². The summed E-state index contributed by atoms with van der Waals surface area (Å²) >= 11 is 0. The van der Waals surface area contributed by atoms with Gasteiger partial charge in [0.05, 0.1) is 0 Å². The molecule has 0 amide bonds. The van der Waals surface area contributed by atoms with Crippen molar-refractivity contribution in [3.05, 3.63) is 11.6 Å². The Kier molecular flexibility index (Phi) is 2.78. The van der Waals surface area contributed by atoms with Crippen LogP contribution < -0.4 is 5.32 Å². The number of guanidine groups is 1. The van der Waals surface area contributed by atoms with Crippen LogP contribution in [0, 0.1) is 19.8 Å². The molecular weight excluding hydrogens is 266 g/mol. The van der Waals surface area contributed by atoms with Crippen LogP contribution in [0.5, 0.6) is 0 Å². The molecule has 0 saturated carbocycles. The number of nitrogens with one attached hydrogen (secondary N) is 1. The van der Waals surface area contributed by atoms with Crippen LogP contribution in [0.15, 0.2) is 9.98 Å². The van der Waals surface area contributed by atoms with Crippen LogP contribution in [0.1, 0.15) is 24.5 Å². The number of aromatic nitrogens is 3. The minimum atomic E-state index is -0.129. The number of hydrogen-bond donors (Lipinski definition) is 1. The van der Waals surface area contributed by atoms with Crippen LogP contribution in [0.25, 0.3) is 0 Å². The molecule has 1 N–H and O–H groups in total. The van der Waals surface area contributed by atoms with Crippen molar-refractivity contribution in [2.24, 2.45) is 15.9 Å². The van der Waals surface area contributed by atoms with Crippen LogP contribution in [-0.2, 0) is 0 Å². The van der Waals surface area contributed by atoms with E-state index < -0.39 is 0 Å². The summed E-state index contributed by atoms with van der Waals surface area (Å²) in [6.45, 7) is 7.10. The number of nitrogens with zero attached hydrogens (tertiary/aromatic N) is 6. The highest BCUT2D eigenvalue weighted by molar-refractivity contribution is 6.03. The Morgan fingerprint density at radius 3 is 2.48 bits per heavy atom. The van der Waals surface area contributed by atoms with Crippen molar-refractivity contribution in [2.45, 2.75) is 32.2 Å². The smallest absolute Gasteiger partial charge is 0.233 e. The Bertz CT molecular complexity index is 610. The van der Waals surface area contributed by atoms with Gasteiger partial charge in [0.1, 0.15) is 17.2 Å². The maximum absolute atomic E-state index is 4.86. The van der Waals surface area contributed by atoms with Gasteiger partial charge in [-0.3, -0.25) is 5.32 Å². The molecule has 1 atom stereocenters. The molecule has 7 heteroatoms. The van der Waals surface area contributed by atoms with Crippen molar-refractivity contribution in [2.75, 3.05) is 25.0 Å². The highest BCUT2D eigenvalue weighted by Gasteiger charge is 2.47. The monoisotopic (exact) mass is 285 g/mol. The Morgan fingerprint density at radius 1 is 1.14 bits per heavy atom. The first-order chi connectivity index (χ1) is 10.1. The summed E-state index contributed by atoms with van der Waals surface area (Å²) in [5.41, 5.74) is -0.129. The van der Waals surface area contributed by atoms with Crippen LogP contribution in [0.4, 0.5) is 5.95 Å². The molecule has 1 aromatic heterocycles. The number of aliphatic imine (C=N–C) groups is 2. The number of anilines is 1. The normalized spacial score (nSPS) is 33.5. The van der Waals surface area contributed by atoms with Crippen LogP contribution in [-0.4, -0.2) is 57.2 Å². The first-order valence-corrected chi connectivity index (χ1v) is 7.47. The molecule has 110 valence electrons.